The van der Waals surface area contributed by atoms with Crippen molar-refractivity contribution in [3.63, 3.8) is 0 Å². The summed E-state index contributed by atoms with van der Waals surface area (Å²) >= 11 is 0. The molecule has 1 aromatic heterocycles. The third-order valence-electron chi connectivity index (χ3n) is 9.74. The molecule has 0 atom stereocenters. The van der Waals surface area contributed by atoms with Gasteiger partial charge in [0, 0.05) is 17.9 Å². The third kappa shape index (κ3) is 13.0. The molecule has 0 amide bonds. The van der Waals surface area contributed by atoms with Crippen LogP contribution in [-0.4, -0.2) is 136 Å². The Labute approximate surface area is 412 Å². The van der Waals surface area contributed by atoms with Crippen molar-refractivity contribution in [2.75, 3.05) is 53.0 Å². The van der Waals surface area contributed by atoms with Gasteiger partial charge in [-0.15, -0.1) is 20.5 Å². The van der Waals surface area contributed by atoms with Gasteiger partial charge in [-0.3, -0.25) is 18.2 Å². The summed E-state index contributed by atoms with van der Waals surface area (Å²) in [5, 5.41) is 45.2. The van der Waals surface area contributed by atoms with E-state index >= 15 is 4.39 Å². The van der Waals surface area contributed by atoms with Crippen LogP contribution < -0.4 is 16.0 Å². The van der Waals surface area contributed by atoms with E-state index in [4.69, 9.17) is 10.8 Å². The number of rotatable bonds is 20. The van der Waals surface area contributed by atoms with Crippen molar-refractivity contribution in [3.8, 4) is 5.75 Å². The van der Waals surface area contributed by atoms with Crippen LogP contribution in [0.1, 0.15) is 0 Å². The maximum absolute atomic E-state index is 15.0. The molecule has 36 heteroatoms. The van der Waals surface area contributed by atoms with Crippen molar-refractivity contribution in [3.05, 3.63) is 84.9 Å². The molecular formula is C37H35FN10O19S6. The van der Waals surface area contributed by atoms with Crippen LogP contribution in [0.25, 0.3) is 10.8 Å². The van der Waals surface area contributed by atoms with Gasteiger partial charge >= 0.3 is 6.08 Å². The Morgan fingerprint density at radius 3 is 1.77 bits per heavy atom. The van der Waals surface area contributed by atoms with Gasteiger partial charge in [-0.25, -0.2) is 16.8 Å². The number of nitrogens with one attached hydrogen (secondary N) is 1. The van der Waals surface area contributed by atoms with Crippen molar-refractivity contribution < 1.29 is 88.4 Å². The van der Waals surface area contributed by atoms with E-state index in [2.05, 4.69) is 40.7 Å². The van der Waals surface area contributed by atoms with E-state index < -0.39 is 178 Å². The number of aromatic nitrogens is 3. The van der Waals surface area contributed by atoms with E-state index in [1.165, 1.54) is 17.0 Å². The number of para-hydroxylation sites is 1. The summed E-state index contributed by atoms with van der Waals surface area (Å²) in [5.41, 5.74) is 1.02. The van der Waals surface area contributed by atoms with Crippen LogP contribution in [0.4, 0.5) is 56.1 Å². The number of aliphatic hydroxyl groups excluding tert-OH is 2. The van der Waals surface area contributed by atoms with E-state index in [1.807, 2.05) is 0 Å². The van der Waals surface area contributed by atoms with Gasteiger partial charge in [-0.1, -0.05) is 18.2 Å². The maximum Gasteiger partial charge on any atom is 0.315 e. The van der Waals surface area contributed by atoms with Gasteiger partial charge in [0.1, 0.15) is 42.3 Å². The molecule has 6 rings (SSSR count). The lowest BCUT2D eigenvalue weighted by atomic mass is 10.1. The standard InChI is InChI=1S/C37H35FN10O19S6/c38-35-41-36(43-37(42-35)48(22-4-2-1-3-5-22)10-13-68(52,53)14-11-49)40-21-6-9-26(70(56,57)58)25(18-21)45-47-33-29(73(65,66)67)17-20-16-28(72(62,63)64)32(31(39)30(20)34(33)51)46-44-24-8-7-23(69(54,55)15-12-50)19-27(24)71(59,60)61/h1-9,16-19,49-51H,10-15,39H2,(H,56,57,58)(H,59,60,61)(H,62,63,64)(H,65,66,67)(H,40,41,42,43). The normalized spacial score (nSPS) is 13.0. The van der Waals surface area contributed by atoms with Gasteiger partial charge in [0.25, 0.3) is 40.5 Å². The number of azo groups is 2. The zero-order valence-corrected chi connectivity index (χ0v) is 41.2. The van der Waals surface area contributed by atoms with Gasteiger partial charge in [-0.05, 0) is 66.0 Å². The molecule has 0 fully saturated rings. The quantitative estimate of drug-likeness (QED) is 0.0301. The highest BCUT2D eigenvalue weighted by molar-refractivity contribution is 7.91. The molecule has 0 saturated carbocycles. The molecule has 6 aromatic rings. The lowest BCUT2D eigenvalue weighted by Gasteiger charge is -2.23. The molecule has 0 aliphatic carbocycles. The van der Waals surface area contributed by atoms with Gasteiger partial charge in [0.15, 0.2) is 25.4 Å². The molecule has 5 aromatic carbocycles. The molecule has 390 valence electrons. The number of nitrogen functional groups attached to an aromatic ring is 1. The number of halogens is 1. The predicted octanol–water partition coefficient (Wildman–Crippen LogP) is 3.32. The number of nitrogens with zero attached hydrogens (tertiary/aromatic N) is 8. The van der Waals surface area contributed by atoms with Crippen molar-refractivity contribution in [2.45, 2.75) is 24.5 Å². The molecule has 0 spiro atoms. The van der Waals surface area contributed by atoms with Gasteiger partial charge in [0.05, 0.1) is 46.4 Å². The second-order valence-electron chi connectivity index (χ2n) is 14.7. The minimum absolute atomic E-state index is 0.275. The Bertz CT molecular complexity index is 3950. The molecule has 1 heterocycles. The van der Waals surface area contributed by atoms with Crippen LogP contribution in [0.3, 0.4) is 0 Å². The summed E-state index contributed by atoms with van der Waals surface area (Å²) < 4.78 is 206. The van der Waals surface area contributed by atoms with Gasteiger partial charge in [0.2, 0.25) is 11.9 Å². The number of nitrogens with two attached hydrogens (primary N) is 1. The first-order chi connectivity index (χ1) is 33.8. The number of aromatic hydroxyl groups is 1. The van der Waals surface area contributed by atoms with Crippen molar-refractivity contribution in [2.24, 2.45) is 20.5 Å². The predicted molar refractivity (Wildman–Crippen MR) is 252 cm³/mol. The Morgan fingerprint density at radius 1 is 0.603 bits per heavy atom. The molecular weight excluding hydrogens is 1100 g/mol. The van der Waals surface area contributed by atoms with Crippen LogP contribution in [0.2, 0.25) is 0 Å². The number of hydrogen-bond donors (Lipinski definition) is 9. The summed E-state index contributed by atoms with van der Waals surface area (Å²) in [6.07, 6.45) is -1.41. The Balaban J connectivity index is 1.49. The van der Waals surface area contributed by atoms with Crippen LogP contribution >= 0.6 is 0 Å². The summed E-state index contributed by atoms with van der Waals surface area (Å²) in [4.78, 5) is 6.84. The molecule has 29 nitrogen and oxygen atoms in total. The van der Waals surface area contributed by atoms with E-state index in [1.54, 1.807) is 18.2 Å². The first-order valence-electron chi connectivity index (χ1n) is 19.6. The average Bonchev–Trinajstić information content (AvgIpc) is 3.27. The monoisotopic (exact) mass is 1130 g/mol. The first kappa shape index (κ1) is 55.5. The smallest absolute Gasteiger partial charge is 0.315 e. The summed E-state index contributed by atoms with van der Waals surface area (Å²) in [6.45, 7) is -1.92. The summed E-state index contributed by atoms with van der Waals surface area (Å²) in [6, 6.07) is 13.0. The molecule has 0 bridgehead atoms. The summed E-state index contributed by atoms with van der Waals surface area (Å²) in [5.74, 6) is -4.47. The number of phenolic OH excluding ortho intramolecular Hbond substituents is 1. The minimum Gasteiger partial charge on any atom is -0.505 e. The highest BCUT2D eigenvalue weighted by Gasteiger charge is 2.30. The topological polar surface area (TPSA) is 476 Å². The number of sulfone groups is 2. The van der Waals surface area contributed by atoms with E-state index in [9.17, 15) is 78.9 Å². The summed E-state index contributed by atoms with van der Waals surface area (Å²) in [7, 11) is -29.9. The SMILES string of the molecule is Nc1c(N=Nc2ccc(S(=O)(=O)CCO)cc2S(=O)(=O)O)c(S(=O)(=O)O)cc2cc(S(=O)(=O)O)c(N=Nc3cc(Nc4nc(F)nc(N(CCS(=O)(=O)CCO)c5ccccc5)n4)ccc3S(=O)(=O)O)c(O)c12. The number of aliphatic hydroxyl groups is 2. The van der Waals surface area contributed by atoms with Gasteiger partial charge in [-0.2, -0.15) is 53.0 Å². The maximum atomic E-state index is 15.0. The molecule has 73 heavy (non-hydrogen) atoms. The van der Waals surface area contributed by atoms with Crippen molar-refractivity contribution >= 4 is 123 Å². The van der Waals surface area contributed by atoms with Gasteiger partial charge < -0.3 is 31.3 Å². The van der Waals surface area contributed by atoms with Crippen LogP contribution in [0, 0.1) is 6.08 Å². The van der Waals surface area contributed by atoms with E-state index in [-0.39, 0.29) is 17.9 Å². The van der Waals surface area contributed by atoms with E-state index in [0.29, 0.717) is 30.3 Å². The molecule has 0 saturated heterocycles. The Kier molecular flexibility index (Phi) is 15.9. The molecule has 0 aliphatic rings. The number of phenols is 1. The van der Waals surface area contributed by atoms with Crippen molar-refractivity contribution in [1.29, 1.82) is 0 Å². The largest absolute Gasteiger partial charge is 0.505 e. The third-order valence-corrected chi connectivity index (χ3v) is 16.6. The molecule has 0 unspecified atom stereocenters. The zero-order valence-electron chi connectivity index (χ0n) is 36.3. The van der Waals surface area contributed by atoms with E-state index in [0.717, 1.165) is 18.2 Å². The second-order valence-corrected chi connectivity index (χ2v) is 24.7. The Hall–Kier alpha value is -6.84. The van der Waals surface area contributed by atoms with Crippen molar-refractivity contribution in [1.82, 2.24) is 15.0 Å². The Morgan fingerprint density at radius 2 is 1.18 bits per heavy atom. The molecule has 0 aliphatic heterocycles. The second kappa shape index (κ2) is 20.9. The molecule has 0 radical (unpaired) electrons. The number of hydrogen-bond acceptors (Lipinski definition) is 25. The lowest BCUT2D eigenvalue weighted by molar-refractivity contribution is 0.319. The minimum atomic E-state index is -5.58. The number of anilines is 5. The fourth-order valence-corrected chi connectivity index (χ4v) is 11.1. The van der Waals surface area contributed by atoms with Crippen LogP contribution in [-0.2, 0) is 60.1 Å². The van der Waals surface area contributed by atoms with Crippen LogP contribution in [0.5, 0.6) is 5.75 Å². The first-order valence-corrected chi connectivity index (χ1v) is 28.9. The zero-order chi connectivity index (χ0) is 54.1. The number of fused-ring (bicyclic) bond motifs is 1. The average molecular weight is 1140 g/mol. The number of benzene rings is 5. The highest BCUT2D eigenvalue weighted by Crippen LogP contribution is 2.49. The highest BCUT2D eigenvalue weighted by atomic mass is 32.2. The van der Waals surface area contributed by atoms with Crippen LogP contribution in [0.15, 0.2) is 124 Å². The lowest BCUT2D eigenvalue weighted by Crippen LogP contribution is -2.29. The molecule has 10 N–H and O–H groups in total. The fraction of sp³-hybridized carbons (Fsp3) is 0.162. The fourth-order valence-electron chi connectivity index (χ4n) is 6.49.